The number of nitrogens with one attached hydrogen (secondary N) is 2. The molecule has 1 aliphatic rings. The fraction of sp³-hybridized carbons (Fsp3) is 0.381. The molecule has 2 aromatic rings. The number of hydrogen-bond donors (Lipinski definition) is 2. The SMILES string of the molecule is CC1Oc2ccc(C(C)(NC(=O)OC(C)(C)C)c3ccncc3)cc2NC1=S. The van der Waals surface area contributed by atoms with Gasteiger partial charge in [-0.2, -0.15) is 0 Å². The summed E-state index contributed by atoms with van der Waals surface area (Å²) >= 11 is 5.33. The van der Waals surface area contributed by atoms with Gasteiger partial charge in [-0.25, -0.2) is 4.79 Å². The summed E-state index contributed by atoms with van der Waals surface area (Å²) in [6.45, 7) is 9.33. The van der Waals surface area contributed by atoms with E-state index in [1.165, 1.54) is 0 Å². The lowest BCUT2D eigenvalue weighted by Crippen LogP contribution is -2.46. The van der Waals surface area contributed by atoms with Crippen molar-refractivity contribution in [1.29, 1.82) is 0 Å². The molecule has 148 valence electrons. The molecule has 2 atom stereocenters. The number of alkyl carbamates (subject to hydrolysis) is 1. The van der Waals surface area contributed by atoms with E-state index in [0.29, 0.717) is 4.99 Å². The number of nitrogens with zero attached hydrogens (tertiary/aromatic N) is 1. The molecule has 1 amide bonds. The van der Waals surface area contributed by atoms with Crippen molar-refractivity contribution in [3.63, 3.8) is 0 Å². The van der Waals surface area contributed by atoms with Crippen LogP contribution in [-0.4, -0.2) is 27.8 Å². The fourth-order valence-corrected chi connectivity index (χ4v) is 3.18. The number of amides is 1. The van der Waals surface area contributed by atoms with Crippen LogP contribution in [0.4, 0.5) is 10.5 Å². The van der Waals surface area contributed by atoms with Crippen LogP contribution in [0.25, 0.3) is 0 Å². The monoisotopic (exact) mass is 399 g/mol. The number of fused-ring (bicyclic) bond motifs is 1. The summed E-state index contributed by atoms with van der Waals surface area (Å²) in [6.07, 6.45) is 2.71. The van der Waals surface area contributed by atoms with Crippen LogP contribution in [-0.2, 0) is 10.3 Å². The number of hydrogen-bond acceptors (Lipinski definition) is 5. The number of carbonyl (C=O) groups excluding carboxylic acids is 1. The van der Waals surface area contributed by atoms with Crippen LogP contribution in [0.1, 0.15) is 45.7 Å². The first-order valence-corrected chi connectivity index (χ1v) is 9.53. The molecule has 1 aromatic carbocycles. The Kier molecular flexibility index (Phi) is 5.30. The highest BCUT2D eigenvalue weighted by Crippen LogP contribution is 2.37. The zero-order chi connectivity index (χ0) is 20.5. The van der Waals surface area contributed by atoms with E-state index in [0.717, 1.165) is 22.6 Å². The van der Waals surface area contributed by atoms with Crippen molar-refractivity contribution >= 4 is 29.0 Å². The molecule has 0 aliphatic carbocycles. The van der Waals surface area contributed by atoms with Gasteiger partial charge >= 0.3 is 6.09 Å². The van der Waals surface area contributed by atoms with Gasteiger partial charge in [0.1, 0.15) is 22.4 Å². The van der Waals surface area contributed by atoms with Crippen LogP contribution in [0, 0.1) is 0 Å². The van der Waals surface area contributed by atoms with Gasteiger partial charge in [-0.1, -0.05) is 18.3 Å². The van der Waals surface area contributed by atoms with Gasteiger partial charge in [0.15, 0.2) is 0 Å². The van der Waals surface area contributed by atoms with E-state index >= 15 is 0 Å². The quantitative estimate of drug-likeness (QED) is 0.746. The van der Waals surface area contributed by atoms with Crippen molar-refractivity contribution in [1.82, 2.24) is 10.3 Å². The molecule has 0 saturated carbocycles. The molecular weight excluding hydrogens is 374 g/mol. The van der Waals surface area contributed by atoms with Gasteiger partial charge in [0.25, 0.3) is 0 Å². The molecule has 0 saturated heterocycles. The number of ether oxygens (including phenoxy) is 2. The third kappa shape index (κ3) is 4.25. The number of thiocarbonyl (C=S) groups is 1. The lowest BCUT2D eigenvalue weighted by molar-refractivity contribution is 0.0479. The largest absolute Gasteiger partial charge is 0.481 e. The van der Waals surface area contributed by atoms with Crippen molar-refractivity contribution < 1.29 is 14.3 Å². The van der Waals surface area contributed by atoms with Gasteiger partial charge in [0.05, 0.1) is 11.2 Å². The molecule has 7 heteroatoms. The standard InChI is InChI=1S/C21H25N3O3S/c1-13-18(28)23-16-12-15(6-7-17(16)26-13)21(5,14-8-10-22-11-9-14)24-19(25)27-20(2,3)4/h6-13H,1-5H3,(H,23,28)(H,24,25). The molecule has 2 N–H and O–H groups in total. The van der Waals surface area contributed by atoms with Crippen molar-refractivity contribution in [2.24, 2.45) is 0 Å². The molecule has 28 heavy (non-hydrogen) atoms. The Morgan fingerprint density at radius 3 is 2.50 bits per heavy atom. The number of benzene rings is 1. The maximum absolute atomic E-state index is 12.6. The maximum atomic E-state index is 12.6. The van der Waals surface area contributed by atoms with Gasteiger partial charge in [-0.3, -0.25) is 4.98 Å². The van der Waals surface area contributed by atoms with Gasteiger partial charge < -0.3 is 20.1 Å². The molecule has 0 fully saturated rings. The van der Waals surface area contributed by atoms with Gasteiger partial charge in [-0.05, 0) is 70.0 Å². The first-order valence-electron chi connectivity index (χ1n) is 9.12. The predicted octanol–water partition coefficient (Wildman–Crippen LogP) is 4.39. The van der Waals surface area contributed by atoms with Crippen LogP contribution in [0.15, 0.2) is 42.7 Å². The van der Waals surface area contributed by atoms with Crippen LogP contribution in [0.2, 0.25) is 0 Å². The lowest BCUT2D eigenvalue weighted by atomic mass is 9.84. The molecule has 2 heterocycles. The Labute approximate surface area is 170 Å². The van der Waals surface area contributed by atoms with Crippen LogP contribution >= 0.6 is 12.2 Å². The second kappa shape index (κ2) is 7.39. The summed E-state index contributed by atoms with van der Waals surface area (Å²) in [5.41, 5.74) is 1.06. The van der Waals surface area contributed by atoms with E-state index in [4.69, 9.17) is 21.7 Å². The molecule has 1 aliphatic heterocycles. The number of rotatable bonds is 3. The molecule has 0 radical (unpaired) electrons. The van der Waals surface area contributed by atoms with E-state index in [2.05, 4.69) is 15.6 Å². The van der Waals surface area contributed by atoms with E-state index in [1.807, 2.05) is 65.0 Å². The smallest absolute Gasteiger partial charge is 0.408 e. The highest BCUT2D eigenvalue weighted by atomic mass is 32.1. The molecule has 2 unspecified atom stereocenters. The highest BCUT2D eigenvalue weighted by molar-refractivity contribution is 7.80. The van der Waals surface area contributed by atoms with Gasteiger partial charge in [-0.15, -0.1) is 0 Å². The molecule has 1 aromatic heterocycles. The van der Waals surface area contributed by atoms with Crippen LogP contribution in [0.5, 0.6) is 5.75 Å². The predicted molar refractivity (Wildman–Crippen MR) is 113 cm³/mol. The summed E-state index contributed by atoms with van der Waals surface area (Å²) in [6, 6.07) is 9.48. The average molecular weight is 400 g/mol. The Balaban J connectivity index is 2.02. The summed E-state index contributed by atoms with van der Waals surface area (Å²) < 4.78 is 11.3. The molecule has 6 nitrogen and oxygen atoms in total. The van der Waals surface area contributed by atoms with E-state index < -0.39 is 17.2 Å². The maximum Gasteiger partial charge on any atom is 0.408 e. The van der Waals surface area contributed by atoms with E-state index in [9.17, 15) is 4.79 Å². The average Bonchev–Trinajstić information content (AvgIpc) is 2.61. The molecule has 3 rings (SSSR count). The second-order valence-corrected chi connectivity index (χ2v) is 8.39. The van der Waals surface area contributed by atoms with E-state index in [1.54, 1.807) is 12.4 Å². The first-order chi connectivity index (χ1) is 13.1. The number of aromatic nitrogens is 1. The van der Waals surface area contributed by atoms with Crippen LogP contribution < -0.4 is 15.4 Å². The topological polar surface area (TPSA) is 72.5 Å². The summed E-state index contributed by atoms with van der Waals surface area (Å²) in [4.78, 5) is 17.3. The minimum Gasteiger partial charge on any atom is -0.481 e. The van der Waals surface area contributed by atoms with Crippen molar-refractivity contribution in [2.45, 2.75) is 51.9 Å². The highest BCUT2D eigenvalue weighted by Gasteiger charge is 2.34. The fourth-order valence-electron chi connectivity index (χ4n) is 3.02. The van der Waals surface area contributed by atoms with Crippen molar-refractivity contribution in [3.05, 3.63) is 53.9 Å². The first kappa shape index (κ1) is 20.1. The molecular formula is C21H25N3O3S. The van der Waals surface area contributed by atoms with Gasteiger partial charge in [0, 0.05) is 12.4 Å². The summed E-state index contributed by atoms with van der Waals surface area (Å²) in [5.74, 6) is 0.721. The van der Waals surface area contributed by atoms with Gasteiger partial charge in [0.2, 0.25) is 0 Å². The number of pyridine rings is 1. The minimum absolute atomic E-state index is 0.181. The third-order valence-electron chi connectivity index (χ3n) is 4.50. The van der Waals surface area contributed by atoms with E-state index in [-0.39, 0.29) is 6.10 Å². The summed E-state index contributed by atoms with van der Waals surface area (Å²) in [5, 5.41) is 6.23. The van der Waals surface area contributed by atoms with Crippen molar-refractivity contribution in [3.8, 4) is 5.75 Å². The molecule has 0 spiro atoms. The van der Waals surface area contributed by atoms with Crippen molar-refractivity contribution in [2.75, 3.05) is 5.32 Å². The Hall–Kier alpha value is -2.67. The number of carbonyl (C=O) groups is 1. The zero-order valence-electron chi connectivity index (χ0n) is 16.7. The minimum atomic E-state index is -0.841. The Morgan fingerprint density at radius 2 is 1.86 bits per heavy atom. The lowest BCUT2D eigenvalue weighted by Gasteiger charge is -2.34. The second-order valence-electron chi connectivity index (χ2n) is 7.95. The third-order valence-corrected chi connectivity index (χ3v) is 4.93. The zero-order valence-corrected chi connectivity index (χ0v) is 17.5. The Morgan fingerprint density at radius 1 is 1.18 bits per heavy atom. The summed E-state index contributed by atoms with van der Waals surface area (Å²) in [7, 11) is 0. The van der Waals surface area contributed by atoms with Crippen LogP contribution in [0.3, 0.4) is 0 Å². The Bertz CT molecular complexity index is 896. The normalized spacial score (nSPS) is 18.2. The molecule has 0 bridgehead atoms. The number of anilines is 1.